The lowest BCUT2D eigenvalue weighted by Gasteiger charge is -2.36. The molecule has 25 heavy (non-hydrogen) atoms. The van der Waals surface area contributed by atoms with Gasteiger partial charge in [0.1, 0.15) is 6.04 Å². The van der Waals surface area contributed by atoms with Gasteiger partial charge in [-0.25, -0.2) is 0 Å². The molecule has 2 aromatic rings. The molecule has 0 bridgehead atoms. The Morgan fingerprint density at radius 3 is 2.60 bits per heavy atom. The van der Waals surface area contributed by atoms with Crippen LogP contribution in [0.4, 0.5) is 0 Å². The number of piperidine rings is 1. The van der Waals surface area contributed by atoms with Gasteiger partial charge >= 0.3 is 0 Å². The monoisotopic (exact) mass is 337 g/mol. The Balaban J connectivity index is 1.73. The zero-order valence-electron chi connectivity index (χ0n) is 14.5. The van der Waals surface area contributed by atoms with Crippen molar-refractivity contribution in [3.05, 3.63) is 66.0 Å². The normalized spacial score (nSPS) is 17.2. The van der Waals surface area contributed by atoms with Crippen LogP contribution in [-0.4, -0.2) is 46.2 Å². The average molecular weight is 337 g/mol. The summed E-state index contributed by atoms with van der Waals surface area (Å²) in [5.74, 6) is -0.0838. The van der Waals surface area contributed by atoms with E-state index >= 15 is 0 Å². The first kappa shape index (κ1) is 17.1. The fourth-order valence-corrected chi connectivity index (χ4v) is 3.24. The van der Waals surface area contributed by atoms with Gasteiger partial charge in [0.2, 0.25) is 5.91 Å². The van der Waals surface area contributed by atoms with Crippen molar-refractivity contribution < 1.29 is 9.59 Å². The Morgan fingerprint density at radius 2 is 1.88 bits per heavy atom. The molecule has 1 saturated heterocycles. The number of hydrogen-bond acceptors (Lipinski definition) is 3. The SMILES string of the molecule is CN(Cc1ccccn1)C(=O)[C@@H]1CCCCN1C(=O)c1ccccc1. The maximum absolute atomic E-state index is 13.0. The van der Waals surface area contributed by atoms with Gasteiger partial charge in [-0.05, 0) is 43.5 Å². The second-order valence-corrected chi connectivity index (χ2v) is 6.39. The minimum absolute atomic E-state index is 0.0189. The fourth-order valence-electron chi connectivity index (χ4n) is 3.24. The second-order valence-electron chi connectivity index (χ2n) is 6.39. The van der Waals surface area contributed by atoms with Crippen molar-refractivity contribution in [2.45, 2.75) is 31.8 Å². The van der Waals surface area contributed by atoms with Gasteiger partial charge in [0.05, 0.1) is 12.2 Å². The Morgan fingerprint density at radius 1 is 1.12 bits per heavy atom. The van der Waals surface area contributed by atoms with E-state index < -0.39 is 6.04 Å². The summed E-state index contributed by atoms with van der Waals surface area (Å²) in [4.78, 5) is 33.5. The molecule has 1 atom stereocenters. The number of likely N-dealkylation sites (tertiary alicyclic amines) is 1. The molecular formula is C20H23N3O2. The molecule has 130 valence electrons. The van der Waals surface area contributed by atoms with E-state index in [1.165, 1.54) is 0 Å². The van der Waals surface area contributed by atoms with Crippen LogP contribution in [0.15, 0.2) is 54.7 Å². The van der Waals surface area contributed by atoms with Crippen LogP contribution in [0.2, 0.25) is 0 Å². The van der Waals surface area contributed by atoms with Gasteiger partial charge in [0, 0.05) is 25.4 Å². The van der Waals surface area contributed by atoms with Gasteiger partial charge in [-0.3, -0.25) is 14.6 Å². The summed E-state index contributed by atoms with van der Waals surface area (Å²) in [6, 6.07) is 14.5. The van der Waals surface area contributed by atoms with Crippen molar-refractivity contribution in [1.82, 2.24) is 14.8 Å². The molecule has 0 radical (unpaired) electrons. The molecule has 5 nitrogen and oxygen atoms in total. The molecule has 0 aliphatic carbocycles. The maximum Gasteiger partial charge on any atom is 0.254 e. The lowest BCUT2D eigenvalue weighted by molar-refractivity contribution is -0.136. The first-order chi connectivity index (χ1) is 12.2. The van der Waals surface area contributed by atoms with E-state index in [4.69, 9.17) is 0 Å². The largest absolute Gasteiger partial charge is 0.338 e. The van der Waals surface area contributed by atoms with Crippen LogP contribution < -0.4 is 0 Å². The summed E-state index contributed by atoms with van der Waals surface area (Å²) in [7, 11) is 1.77. The standard InChI is InChI=1S/C20H23N3O2/c1-22(15-17-11-5-7-13-21-17)20(25)18-12-6-8-14-23(18)19(24)16-9-3-2-4-10-16/h2-5,7,9-11,13,18H,6,8,12,14-15H2,1H3/t18-/m0/s1. The number of amides is 2. The van der Waals surface area contributed by atoms with Crippen LogP contribution in [0.25, 0.3) is 0 Å². The van der Waals surface area contributed by atoms with E-state index in [1.54, 1.807) is 35.2 Å². The summed E-state index contributed by atoms with van der Waals surface area (Å²) in [6.07, 6.45) is 4.34. The predicted molar refractivity (Wildman–Crippen MR) is 95.8 cm³/mol. The van der Waals surface area contributed by atoms with Gasteiger partial charge in [0.15, 0.2) is 0 Å². The van der Waals surface area contributed by atoms with Gasteiger partial charge in [-0.15, -0.1) is 0 Å². The number of carbonyl (C=O) groups excluding carboxylic acids is 2. The van der Waals surface area contributed by atoms with E-state index in [0.29, 0.717) is 25.1 Å². The summed E-state index contributed by atoms with van der Waals surface area (Å²) in [5.41, 5.74) is 1.48. The Kier molecular flexibility index (Phi) is 5.43. The third-order valence-electron chi connectivity index (χ3n) is 4.57. The summed E-state index contributed by atoms with van der Waals surface area (Å²) < 4.78 is 0. The molecule has 3 rings (SSSR count). The highest BCUT2D eigenvalue weighted by Gasteiger charge is 2.34. The van der Waals surface area contributed by atoms with Gasteiger partial charge < -0.3 is 9.80 Å². The molecule has 0 unspecified atom stereocenters. The quantitative estimate of drug-likeness (QED) is 0.862. The van der Waals surface area contributed by atoms with E-state index in [2.05, 4.69) is 4.98 Å². The van der Waals surface area contributed by atoms with Crippen molar-refractivity contribution in [2.75, 3.05) is 13.6 Å². The molecule has 1 aromatic carbocycles. The van der Waals surface area contributed by atoms with Gasteiger partial charge in [-0.1, -0.05) is 24.3 Å². The molecule has 1 aliphatic rings. The minimum atomic E-state index is -0.393. The molecule has 5 heteroatoms. The number of rotatable bonds is 4. The number of nitrogens with zero attached hydrogens (tertiary/aromatic N) is 3. The highest BCUT2D eigenvalue weighted by molar-refractivity contribution is 5.97. The molecule has 2 heterocycles. The third-order valence-corrected chi connectivity index (χ3v) is 4.57. The Bertz CT molecular complexity index is 718. The first-order valence-corrected chi connectivity index (χ1v) is 8.67. The fraction of sp³-hybridized carbons (Fsp3) is 0.350. The van der Waals surface area contributed by atoms with Crippen LogP contribution >= 0.6 is 0 Å². The number of pyridine rings is 1. The smallest absolute Gasteiger partial charge is 0.254 e. The molecular weight excluding hydrogens is 314 g/mol. The first-order valence-electron chi connectivity index (χ1n) is 8.67. The minimum Gasteiger partial charge on any atom is -0.338 e. The zero-order valence-corrected chi connectivity index (χ0v) is 14.5. The molecule has 0 spiro atoms. The summed E-state index contributed by atoms with van der Waals surface area (Å²) in [5, 5.41) is 0. The third kappa shape index (κ3) is 4.05. The maximum atomic E-state index is 13.0. The number of likely N-dealkylation sites (N-methyl/N-ethyl adjacent to an activating group) is 1. The van der Waals surface area contributed by atoms with Crippen molar-refractivity contribution >= 4 is 11.8 Å². The molecule has 0 saturated carbocycles. The van der Waals surface area contributed by atoms with E-state index in [-0.39, 0.29) is 11.8 Å². The summed E-state index contributed by atoms with van der Waals surface area (Å²) in [6.45, 7) is 1.07. The molecule has 1 aliphatic heterocycles. The van der Waals surface area contributed by atoms with Crippen molar-refractivity contribution in [2.24, 2.45) is 0 Å². The van der Waals surface area contributed by atoms with Crippen LogP contribution in [0.1, 0.15) is 35.3 Å². The van der Waals surface area contributed by atoms with Crippen LogP contribution in [0.5, 0.6) is 0 Å². The average Bonchev–Trinajstić information content (AvgIpc) is 2.68. The van der Waals surface area contributed by atoms with Gasteiger partial charge in [-0.2, -0.15) is 0 Å². The van der Waals surface area contributed by atoms with Crippen LogP contribution in [0.3, 0.4) is 0 Å². The van der Waals surface area contributed by atoms with Crippen molar-refractivity contribution in [3.63, 3.8) is 0 Å². The van der Waals surface area contributed by atoms with E-state index in [1.807, 2.05) is 36.4 Å². The molecule has 1 fully saturated rings. The highest BCUT2D eigenvalue weighted by Crippen LogP contribution is 2.21. The second kappa shape index (κ2) is 7.92. The van der Waals surface area contributed by atoms with Crippen LogP contribution in [0, 0.1) is 0 Å². The zero-order chi connectivity index (χ0) is 17.6. The van der Waals surface area contributed by atoms with Crippen LogP contribution in [-0.2, 0) is 11.3 Å². The Hall–Kier alpha value is -2.69. The summed E-state index contributed by atoms with van der Waals surface area (Å²) >= 11 is 0. The number of carbonyl (C=O) groups is 2. The van der Waals surface area contributed by atoms with Gasteiger partial charge in [0.25, 0.3) is 5.91 Å². The van der Waals surface area contributed by atoms with E-state index in [0.717, 1.165) is 18.5 Å². The van der Waals surface area contributed by atoms with E-state index in [9.17, 15) is 9.59 Å². The topological polar surface area (TPSA) is 53.5 Å². The highest BCUT2D eigenvalue weighted by atomic mass is 16.2. The number of aromatic nitrogens is 1. The molecule has 1 aromatic heterocycles. The Labute approximate surface area is 148 Å². The lowest BCUT2D eigenvalue weighted by Crippen LogP contribution is -2.52. The molecule has 2 amide bonds. The van der Waals surface area contributed by atoms with Crippen molar-refractivity contribution in [3.8, 4) is 0 Å². The molecule has 0 N–H and O–H groups in total. The number of benzene rings is 1. The lowest BCUT2D eigenvalue weighted by atomic mass is 9.99. The number of hydrogen-bond donors (Lipinski definition) is 0. The van der Waals surface area contributed by atoms with Crippen molar-refractivity contribution in [1.29, 1.82) is 0 Å². The predicted octanol–water partition coefficient (Wildman–Crippen LogP) is 2.73.